The number of hydrogen-bond donors (Lipinski definition) is 3. The van der Waals surface area contributed by atoms with Crippen molar-refractivity contribution in [1.82, 2.24) is 0 Å². The monoisotopic (exact) mass is 1280 g/mol. The van der Waals surface area contributed by atoms with Crippen LogP contribution < -0.4 is 0 Å². The Morgan fingerprint density at radius 2 is 0.573 bits per heavy atom. The summed E-state index contributed by atoms with van der Waals surface area (Å²) in [5.74, 6) is 3.73. The molecular weight excluding hydrogens is 1110 g/mol. The summed E-state index contributed by atoms with van der Waals surface area (Å²) < 4.78 is 40.6. The van der Waals surface area contributed by atoms with E-state index in [-0.39, 0.29) is 40.3 Å². The molecule has 9 heteroatoms. The van der Waals surface area contributed by atoms with Crippen LogP contribution in [0.15, 0.2) is 12.7 Å². The topological polar surface area (TPSA) is 107 Å². The Hall–Kier alpha value is -0.650. The number of methoxy groups -OCH3 is 1. The molecule has 548 valence electrons. The van der Waals surface area contributed by atoms with Gasteiger partial charge in [-0.2, -0.15) is 0 Å². The van der Waals surface area contributed by atoms with Gasteiger partial charge in [0.25, 0.3) is 0 Å². The molecule has 0 aromatic rings. The highest BCUT2D eigenvalue weighted by Gasteiger charge is 2.36. The fraction of sp³-hybridized carbons (Fsp3) is 0.975. The van der Waals surface area contributed by atoms with Crippen molar-refractivity contribution in [2.24, 2.45) is 96.1 Å². The third-order valence-electron chi connectivity index (χ3n) is 20.0. The van der Waals surface area contributed by atoms with Gasteiger partial charge in [0, 0.05) is 7.11 Å². The second-order valence-electron chi connectivity index (χ2n) is 38.3. The highest BCUT2D eigenvalue weighted by atomic mass is 19.1. The minimum atomic E-state index is -1.06. The van der Waals surface area contributed by atoms with Crippen LogP contribution in [-0.2, 0) is 23.7 Å². The van der Waals surface area contributed by atoms with Gasteiger partial charge in [-0.25, -0.2) is 4.39 Å². The highest BCUT2D eigenvalue weighted by Crippen LogP contribution is 2.40. The summed E-state index contributed by atoms with van der Waals surface area (Å²) in [5, 5.41) is 27.8. The second kappa shape index (κ2) is 44.2. The van der Waals surface area contributed by atoms with Crippen molar-refractivity contribution < 1.29 is 43.4 Å². The molecule has 0 aliphatic rings. The molecule has 0 aliphatic carbocycles. The largest absolute Gasteiger partial charge is 0.394 e. The van der Waals surface area contributed by atoms with Crippen LogP contribution in [0, 0.1) is 96.1 Å². The molecule has 0 saturated heterocycles. The van der Waals surface area contributed by atoms with Gasteiger partial charge in [-0.3, -0.25) is 0 Å². The number of rotatable bonds is 19. The van der Waals surface area contributed by atoms with Crippen molar-refractivity contribution in [2.45, 2.75) is 373 Å². The minimum Gasteiger partial charge on any atom is -0.394 e. The van der Waals surface area contributed by atoms with Crippen molar-refractivity contribution in [3.8, 4) is 0 Å². The van der Waals surface area contributed by atoms with Gasteiger partial charge in [0.2, 0.25) is 0 Å². The molecule has 8 nitrogen and oxygen atoms in total. The molecule has 0 aromatic carbocycles. The van der Waals surface area contributed by atoms with Crippen LogP contribution in [0.4, 0.5) is 4.39 Å². The number of aliphatic hydroxyl groups excluding tert-OH is 1. The van der Waals surface area contributed by atoms with Gasteiger partial charge >= 0.3 is 0 Å². The lowest BCUT2D eigenvalue weighted by Crippen LogP contribution is -2.37. The third-order valence-corrected chi connectivity index (χ3v) is 20.0. The highest BCUT2D eigenvalue weighted by molar-refractivity contribution is 4.86. The molecule has 89 heavy (non-hydrogen) atoms. The molecule has 0 rings (SSSR count). The predicted octanol–water partition coefficient (Wildman–Crippen LogP) is 23.5. The summed E-state index contributed by atoms with van der Waals surface area (Å²) in [6.07, 6.45) is 3.32. The lowest BCUT2D eigenvalue weighted by Gasteiger charge is -2.38. The van der Waals surface area contributed by atoms with Gasteiger partial charge in [-0.05, 0) is 179 Å². The summed E-state index contributed by atoms with van der Waals surface area (Å²) in [4.78, 5) is 0. The Kier molecular flexibility index (Phi) is 51.9. The first-order valence-corrected chi connectivity index (χ1v) is 34.9. The summed E-state index contributed by atoms with van der Waals surface area (Å²) >= 11 is 0. The van der Waals surface area contributed by atoms with E-state index in [1.165, 1.54) is 0 Å². The van der Waals surface area contributed by atoms with Crippen LogP contribution in [0.25, 0.3) is 0 Å². The van der Waals surface area contributed by atoms with Gasteiger partial charge in [0.05, 0.1) is 74.8 Å². The standard InChI is InChI=1S/C11H24O2.C11H24O.C11H22O.C10H22O2.C10H22.C9H19F.2C9H20O/c1-9(11(3,4)5)10(2)13-8-7-12-6;1-8(2)12-10(4)9(3)11(5,6)7;1-7-8-12-10(3)9(2)11(4,5)6;1-8(10(3,4)5)9(2)12-7-6-11;1-8(9(2,3)4)10(5,6)7;3*1-7(8(2,3)4)9(5,6)10/h9-10H,7-8H2,1-6H3;8-10H,1-7H3;7,9-10H,1,8H2,2-6H3;8-9,11H,6-7H2,1-5H3;8H,1-7H3;7H,1-6H3;2*7,10H,1-6H3. The molecule has 0 heterocycles. The molecule has 0 bridgehead atoms. The van der Waals surface area contributed by atoms with Crippen LogP contribution >= 0.6 is 0 Å². The summed E-state index contributed by atoms with van der Waals surface area (Å²) in [5.41, 5.74) is 0.413. The third kappa shape index (κ3) is 58.4. The van der Waals surface area contributed by atoms with Crippen molar-refractivity contribution in [1.29, 1.82) is 0 Å². The van der Waals surface area contributed by atoms with Crippen molar-refractivity contribution in [3.05, 3.63) is 12.7 Å². The Morgan fingerprint density at radius 3 is 0.719 bits per heavy atom. The number of alkyl halides is 1. The van der Waals surface area contributed by atoms with E-state index in [2.05, 4.69) is 284 Å². The molecule has 3 N–H and O–H groups in total. The fourth-order valence-corrected chi connectivity index (χ4v) is 9.02. The molecule has 11 unspecified atom stereocenters. The number of ether oxygens (including phenoxy) is 5. The Bertz CT molecular complexity index is 1480. The number of halogens is 1. The average Bonchev–Trinajstić information content (AvgIpc) is 3.30. The molecule has 0 spiro atoms. The van der Waals surface area contributed by atoms with Crippen molar-refractivity contribution >= 4 is 0 Å². The normalized spacial score (nSPS) is 17.0. The molecule has 0 aromatic heterocycles. The maximum Gasteiger partial charge on any atom is 0.108 e. The van der Waals surface area contributed by atoms with E-state index in [9.17, 15) is 14.6 Å². The van der Waals surface area contributed by atoms with E-state index in [1.807, 2.05) is 34.6 Å². The smallest absolute Gasteiger partial charge is 0.108 e. The van der Waals surface area contributed by atoms with Crippen molar-refractivity contribution in [2.75, 3.05) is 40.1 Å². The van der Waals surface area contributed by atoms with E-state index in [1.54, 1.807) is 27.0 Å². The second-order valence-corrected chi connectivity index (χ2v) is 38.3. The van der Waals surface area contributed by atoms with Gasteiger partial charge in [-0.15, -0.1) is 6.58 Å². The Labute approximate surface area is 562 Å². The average molecular weight is 1280 g/mol. The van der Waals surface area contributed by atoms with Gasteiger partial charge in [-0.1, -0.05) is 248 Å². The summed E-state index contributed by atoms with van der Waals surface area (Å²) in [6.45, 7) is 107. The van der Waals surface area contributed by atoms with Gasteiger partial charge < -0.3 is 39.0 Å². The lowest BCUT2D eigenvalue weighted by atomic mass is 9.68. The zero-order valence-corrected chi connectivity index (χ0v) is 70.1. The maximum atomic E-state index is 13.3. The van der Waals surface area contributed by atoms with E-state index < -0.39 is 16.9 Å². The van der Waals surface area contributed by atoms with Gasteiger partial charge in [0.1, 0.15) is 5.67 Å². The Morgan fingerprint density at radius 1 is 0.337 bits per heavy atom. The van der Waals surface area contributed by atoms with Crippen molar-refractivity contribution in [3.63, 3.8) is 0 Å². The lowest BCUT2D eigenvalue weighted by molar-refractivity contribution is -0.0383. The zero-order chi connectivity index (χ0) is 74.3. The first-order valence-electron chi connectivity index (χ1n) is 34.9. The molecule has 0 amide bonds. The fourth-order valence-electron chi connectivity index (χ4n) is 9.02. The van der Waals surface area contributed by atoms with E-state index in [0.29, 0.717) is 113 Å². The van der Waals surface area contributed by atoms with Crippen LogP contribution in [-0.4, -0.2) is 103 Å². The van der Waals surface area contributed by atoms with Gasteiger partial charge in [0.15, 0.2) is 0 Å². The molecule has 0 saturated carbocycles. The molecule has 11 atom stereocenters. The summed E-state index contributed by atoms with van der Waals surface area (Å²) in [6, 6.07) is 0. The maximum absolute atomic E-state index is 13.3. The summed E-state index contributed by atoms with van der Waals surface area (Å²) in [7, 11) is 1.70. The van der Waals surface area contributed by atoms with E-state index in [4.69, 9.17) is 28.8 Å². The quantitative estimate of drug-likeness (QED) is 0.0867. The first kappa shape index (κ1) is 104. The number of hydrogen-bond acceptors (Lipinski definition) is 8. The minimum absolute atomic E-state index is 0.0677. The van der Waals surface area contributed by atoms with Crippen LogP contribution in [0.3, 0.4) is 0 Å². The van der Waals surface area contributed by atoms with Crippen LogP contribution in [0.2, 0.25) is 0 Å². The van der Waals surface area contributed by atoms with E-state index in [0.717, 1.165) is 5.92 Å². The number of aliphatic hydroxyl groups is 3. The molecule has 0 radical (unpaired) electrons. The van der Waals surface area contributed by atoms with Crippen LogP contribution in [0.5, 0.6) is 0 Å². The molecular formula is C80H173FO8. The zero-order valence-electron chi connectivity index (χ0n) is 70.1. The Balaban J connectivity index is -0.000000141. The molecule has 0 fully saturated rings. The predicted molar refractivity (Wildman–Crippen MR) is 397 cm³/mol. The SMILES string of the molecule is C=CCOC(C)C(C)C(C)(C)C.CC(C(C)(C)C)C(C)(C)C.CC(C(C)(C)C)C(C)(C)F.CC(C(C)(C)C)C(C)(C)O.CC(C(C)(C)C)C(C)(C)O.CC(C)OC(C)C(C)C(C)(C)C.CC(OCCO)C(C)C(C)(C)C.COCCOC(C)C(C)C(C)(C)C. The van der Waals surface area contributed by atoms with Crippen LogP contribution in [0.1, 0.15) is 325 Å². The first-order chi connectivity index (χ1) is 38.5. The molecule has 0 aliphatic heterocycles. The van der Waals surface area contributed by atoms with E-state index >= 15 is 0 Å².